The quantitative estimate of drug-likeness (QED) is 0.772. The van der Waals surface area contributed by atoms with Gasteiger partial charge in [0.05, 0.1) is 6.61 Å². The van der Waals surface area contributed by atoms with Crippen LogP contribution in [0.2, 0.25) is 0 Å². The number of hydrogen-bond donors (Lipinski definition) is 0. The summed E-state index contributed by atoms with van der Waals surface area (Å²) in [6.45, 7) is 7.05. The minimum absolute atomic E-state index is 0.817. The van der Waals surface area contributed by atoms with Crippen LogP contribution in [0.5, 0.6) is 0 Å². The molecule has 0 amide bonds. The van der Waals surface area contributed by atoms with Crippen molar-refractivity contribution in [1.82, 2.24) is 14.8 Å². The lowest BCUT2D eigenvalue weighted by molar-refractivity contribution is 0.144. The average molecular weight is 278 g/mol. The van der Waals surface area contributed by atoms with Crippen LogP contribution in [0.1, 0.15) is 5.56 Å². The minimum atomic E-state index is 0.817. The zero-order valence-electron chi connectivity index (χ0n) is 12.9. The fourth-order valence-corrected chi connectivity index (χ4v) is 2.48. The van der Waals surface area contributed by atoms with Gasteiger partial charge in [-0.05, 0) is 25.7 Å². The van der Waals surface area contributed by atoms with Crippen LogP contribution in [0.3, 0.4) is 0 Å². The smallest absolute Gasteiger partial charge is 0.128 e. The van der Waals surface area contributed by atoms with E-state index in [1.54, 1.807) is 7.11 Å². The Morgan fingerprint density at radius 1 is 1.20 bits per heavy atom. The van der Waals surface area contributed by atoms with Crippen LogP contribution in [-0.2, 0) is 11.3 Å². The molecule has 1 aromatic rings. The van der Waals surface area contributed by atoms with Crippen molar-refractivity contribution in [2.75, 3.05) is 65.4 Å². The Bertz CT molecular complexity index is 385. The van der Waals surface area contributed by atoms with Crippen molar-refractivity contribution in [3.63, 3.8) is 0 Å². The molecule has 1 fully saturated rings. The lowest BCUT2D eigenvalue weighted by Gasteiger charge is -2.35. The molecule has 5 heteroatoms. The molecule has 1 saturated heterocycles. The van der Waals surface area contributed by atoms with Gasteiger partial charge in [0.1, 0.15) is 5.82 Å². The molecule has 20 heavy (non-hydrogen) atoms. The van der Waals surface area contributed by atoms with E-state index >= 15 is 0 Å². The molecule has 112 valence electrons. The van der Waals surface area contributed by atoms with Crippen LogP contribution >= 0.6 is 0 Å². The third-order valence-electron chi connectivity index (χ3n) is 3.62. The van der Waals surface area contributed by atoms with Gasteiger partial charge in [-0.2, -0.15) is 0 Å². The normalized spacial score (nSPS) is 16.9. The second-order valence-corrected chi connectivity index (χ2v) is 5.58. The number of piperazine rings is 1. The number of hydrogen-bond acceptors (Lipinski definition) is 5. The van der Waals surface area contributed by atoms with E-state index in [2.05, 4.69) is 45.9 Å². The fourth-order valence-electron chi connectivity index (χ4n) is 2.48. The highest BCUT2D eigenvalue weighted by Gasteiger charge is 2.17. The molecular weight excluding hydrogens is 252 g/mol. The molecule has 0 unspecified atom stereocenters. The highest BCUT2D eigenvalue weighted by atomic mass is 16.5. The van der Waals surface area contributed by atoms with E-state index in [1.807, 2.05) is 6.20 Å². The van der Waals surface area contributed by atoms with Crippen LogP contribution in [0.15, 0.2) is 18.3 Å². The Morgan fingerprint density at radius 2 is 1.95 bits per heavy atom. The predicted octanol–water partition coefficient (Wildman–Crippen LogP) is 0.912. The van der Waals surface area contributed by atoms with E-state index < -0.39 is 0 Å². The summed E-state index contributed by atoms with van der Waals surface area (Å²) >= 11 is 0. The van der Waals surface area contributed by atoms with Gasteiger partial charge >= 0.3 is 0 Å². The van der Waals surface area contributed by atoms with E-state index in [-0.39, 0.29) is 0 Å². The van der Waals surface area contributed by atoms with Gasteiger partial charge in [0.2, 0.25) is 0 Å². The van der Waals surface area contributed by atoms with Crippen molar-refractivity contribution >= 4 is 5.82 Å². The van der Waals surface area contributed by atoms with E-state index in [1.165, 1.54) is 5.56 Å². The summed E-state index contributed by atoms with van der Waals surface area (Å²) in [6, 6.07) is 4.32. The largest absolute Gasteiger partial charge is 0.383 e. The summed E-state index contributed by atoms with van der Waals surface area (Å²) in [7, 11) is 5.91. The summed E-state index contributed by atoms with van der Waals surface area (Å²) in [4.78, 5) is 11.6. The summed E-state index contributed by atoms with van der Waals surface area (Å²) in [5, 5.41) is 0. The van der Waals surface area contributed by atoms with Crippen LogP contribution in [0, 0.1) is 0 Å². The first-order valence-electron chi connectivity index (χ1n) is 7.25. The minimum Gasteiger partial charge on any atom is -0.383 e. The number of ether oxygens (including phenoxy) is 1. The zero-order valence-corrected chi connectivity index (χ0v) is 12.9. The van der Waals surface area contributed by atoms with Crippen molar-refractivity contribution in [3.05, 3.63) is 23.9 Å². The van der Waals surface area contributed by atoms with Crippen LogP contribution in [0.4, 0.5) is 5.82 Å². The maximum absolute atomic E-state index is 5.13. The predicted molar refractivity (Wildman–Crippen MR) is 82.2 cm³/mol. The molecule has 1 aromatic heterocycles. The number of nitrogens with zero attached hydrogens (tertiary/aromatic N) is 4. The van der Waals surface area contributed by atoms with E-state index in [9.17, 15) is 0 Å². The van der Waals surface area contributed by atoms with Gasteiger partial charge < -0.3 is 14.5 Å². The third kappa shape index (κ3) is 4.44. The van der Waals surface area contributed by atoms with Crippen LogP contribution < -0.4 is 4.90 Å². The van der Waals surface area contributed by atoms with Crippen molar-refractivity contribution in [3.8, 4) is 0 Å². The van der Waals surface area contributed by atoms with Crippen molar-refractivity contribution in [1.29, 1.82) is 0 Å². The second kappa shape index (κ2) is 7.57. The second-order valence-electron chi connectivity index (χ2n) is 5.58. The molecule has 5 nitrogen and oxygen atoms in total. The monoisotopic (exact) mass is 278 g/mol. The molecule has 0 aromatic carbocycles. The highest BCUT2D eigenvalue weighted by Crippen LogP contribution is 2.14. The maximum Gasteiger partial charge on any atom is 0.128 e. The molecule has 0 saturated carbocycles. The summed E-state index contributed by atoms with van der Waals surface area (Å²) in [5.74, 6) is 1.10. The maximum atomic E-state index is 5.13. The molecule has 0 atom stereocenters. The Balaban J connectivity index is 1.84. The summed E-state index contributed by atoms with van der Waals surface area (Å²) in [6.07, 6.45) is 1.99. The number of aromatic nitrogens is 1. The van der Waals surface area contributed by atoms with Gasteiger partial charge in [0, 0.05) is 52.6 Å². The molecule has 0 N–H and O–H groups in total. The molecule has 2 heterocycles. The Labute approximate surface area is 122 Å². The van der Waals surface area contributed by atoms with Crippen molar-refractivity contribution in [2.24, 2.45) is 0 Å². The van der Waals surface area contributed by atoms with E-state index in [4.69, 9.17) is 4.74 Å². The highest BCUT2D eigenvalue weighted by molar-refractivity contribution is 5.39. The Morgan fingerprint density at radius 3 is 2.50 bits per heavy atom. The molecule has 1 aliphatic rings. The van der Waals surface area contributed by atoms with Crippen LogP contribution in [-0.4, -0.2) is 75.3 Å². The van der Waals surface area contributed by atoms with Gasteiger partial charge in [-0.1, -0.05) is 6.07 Å². The van der Waals surface area contributed by atoms with Crippen molar-refractivity contribution in [2.45, 2.75) is 6.54 Å². The molecular formula is C15H26N4O. The molecule has 0 spiro atoms. The van der Waals surface area contributed by atoms with Crippen LogP contribution in [0.25, 0.3) is 0 Å². The summed E-state index contributed by atoms with van der Waals surface area (Å²) < 4.78 is 5.13. The third-order valence-corrected chi connectivity index (χ3v) is 3.62. The number of methoxy groups -OCH3 is 1. The molecule has 2 rings (SSSR count). The van der Waals surface area contributed by atoms with E-state index in [0.717, 1.165) is 51.7 Å². The standard InChI is InChI=1S/C15H26N4O/c1-17(2)13-14-4-5-15(16-12-14)19-8-6-18(7-9-19)10-11-20-3/h4-5,12H,6-11,13H2,1-3H3. The average Bonchev–Trinajstić information content (AvgIpc) is 2.46. The summed E-state index contributed by atoms with van der Waals surface area (Å²) in [5.41, 5.74) is 1.26. The number of anilines is 1. The molecule has 1 aliphatic heterocycles. The van der Waals surface area contributed by atoms with E-state index in [0.29, 0.717) is 0 Å². The molecule has 0 aliphatic carbocycles. The first kappa shape index (κ1) is 15.2. The first-order valence-corrected chi connectivity index (χ1v) is 7.25. The van der Waals surface area contributed by atoms with Gasteiger partial charge in [0.15, 0.2) is 0 Å². The lowest BCUT2D eigenvalue weighted by Crippen LogP contribution is -2.47. The zero-order chi connectivity index (χ0) is 14.4. The molecule has 0 bridgehead atoms. The van der Waals surface area contributed by atoms with Gasteiger partial charge in [-0.15, -0.1) is 0 Å². The lowest BCUT2D eigenvalue weighted by atomic mass is 10.2. The Kier molecular flexibility index (Phi) is 5.76. The Hall–Kier alpha value is -1.17. The van der Waals surface area contributed by atoms with Gasteiger partial charge in [0.25, 0.3) is 0 Å². The SMILES string of the molecule is COCCN1CCN(c2ccc(CN(C)C)cn2)CC1. The molecule has 0 radical (unpaired) electrons. The first-order chi connectivity index (χ1) is 9.69. The van der Waals surface area contributed by atoms with Crippen molar-refractivity contribution < 1.29 is 4.74 Å². The fraction of sp³-hybridized carbons (Fsp3) is 0.667. The topological polar surface area (TPSA) is 31.8 Å². The van der Waals surface area contributed by atoms with Gasteiger partial charge in [-0.3, -0.25) is 4.90 Å². The number of rotatable bonds is 6. The van der Waals surface area contributed by atoms with Gasteiger partial charge in [-0.25, -0.2) is 4.98 Å². The number of pyridine rings is 1.